The first-order valence-electron chi connectivity index (χ1n) is 4.85. The van der Waals surface area contributed by atoms with Crippen LogP contribution in [0.25, 0.3) is 0 Å². The van der Waals surface area contributed by atoms with Crippen LogP contribution in [0.3, 0.4) is 0 Å². The van der Waals surface area contributed by atoms with Gasteiger partial charge in [-0.25, -0.2) is 8.78 Å². The van der Waals surface area contributed by atoms with Crippen molar-refractivity contribution in [2.75, 3.05) is 26.3 Å². The van der Waals surface area contributed by atoms with Crippen LogP contribution >= 0.6 is 0 Å². The predicted octanol–water partition coefficient (Wildman–Crippen LogP) is 1.66. The minimum absolute atomic E-state index is 0.206. The molecule has 0 aliphatic heterocycles. The number of alkyl halides is 2. The molecule has 0 heterocycles. The van der Waals surface area contributed by atoms with Crippen LogP contribution in [0.4, 0.5) is 8.78 Å². The summed E-state index contributed by atoms with van der Waals surface area (Å²) in [7, 11) is 0. The molecule has 0 atom stereocenters. The molecule has 0 bridgehead atoms. The first-order valence-corrected chi connectivity index (χ1v) is 4.85. The number of ether oxygens (including phenoxy) is 1. The van der Waals surface area contributed by atoms with Gasteiger partial charge in [0.15, 0.2) is 0 Å². The van der Waals surface area contributed by atoms with E-state index in [2.05, 4.69) is 5.32 Å². The van der Waals surface area contributed by atoms with Crippen LogP contribution in [0, 0.1) is 5.92 Å². The average Bonchev–Trinajstić information content (AvgIpc) is 2.86. The Kier molecular flexibility index (Phi) is 5.23. The third kappa shape index (κ3) is 6.90. The summed E-state index contributed by atoms with van der Waals surface area (Å²) in [4.78, 5) is 0. The van der Waals surface area contributed by atoms with Gasteiger partial charge in [-0.3, -0.25) is 0 Å². The Balaban J connectivity index is 1.68. The van der Waals surface area contributed by atoms with Crippen molar-refractivity contribution in [3.05, 3.63) is 0 Å². The molecule has 4 heteroatoms. The maximum absolute atomic E-state index is 11.6. The largest absolute Gasteiger partial charge is 0.381 e. The van der Waals surface area contributed by atoms with E-state index in [1.54, 1.807) is 0 Å². The highest BCUT2D eigenvalue weighted by Gasteiger charge is 2.20. The zero-order valence-corrected chi connectivity index (χ0v) is 7.77. The zero-order chi connectivity index (χ0) is 9.52. The van der Waals surface area contributed by atoms with Crippen LogP contribution < -0.4 is 5.32 Å². The highest BCUT2D eigenvalue weighted by molar-refractivity contribution is 4.71. The molecule has 78 valence electrons. The highest BCUT2D eigenvalue weighted by Crippen LogP contribution is 2.28. The van der Waals surface area contributed by atoms with Crippen LogP contribution in [0.1, 0.15) is 19.3 Å². The van der Waals surface area contributed by atoms with Gasteiger partial charge in [-0.2, -0.15) is 0 Å². The Morgan fingerprint density at radius 2 is 2.15 bits per heavy atom. The quantitative estimate of drug-likeness (QED) is 0.592. The highest BCUT2D eigenvalue weighted by atomic mass is 19.3. The molecule has 0 aromatic carbocycles. The van der Waals surface area contributed by atoms with E-state index >= 15 is 0 Å². The molecule has 0 saturated heterocycles. The van der Waals surface area contributed by atoms with Crippen molar-refractivity contribution in [2.45, 2.75) is 25.7 Å². The van der Waals surface area contributed by atoms with E-state index in [1.807, 2.05) is 0 Å². The maximum atomic E-state index is 11.6. The summed E-state index contributed by atoms with van der Waals surface area (Å²) >= 11 is 0. The minimum Gasteiger partial charge on any atom is -0.381 e. The van der Waals surface area contributed by atoms with Crippen molar-refractivity contribution in [1.82, 2.24) is 5.32 Å². The van der Waals surface area contributed by atoms with E-state index in [0.717, 1.165) is 18.9 Å². The summed E-state index contributed by atoms with van der Waals surface area (Å²) in [6, 6.07) is 0. The van der Waals surface area contributed by atoms with E-state index in [9.17, 15) is 8.78 Å². The van der Waals surface area contributed by atoms with E-state index < -0.39 is 6.43 Å². The second kappa shape index (κ2) is 6.27. The third-order valence-corrected chi connectivity index (χ3v) is 1.99. The van der Waals surface area contributed by atoms with Crippen molar-refractivity contribution in [3.63, 3.8) is 0 Å². The second-order valence-corrected chi connectivity index (χ2v) is 3.47. The van der Waals surface area contributed by atoms with E-state index in [-0.39, 0.29) is 6.54 Å². The lowest BCUT2D eigenvalue weighted by Crippen LogP contribution is -2.23. The van der Waals surface area contributed by atoms with Crippen molar-refractivity contribution in [3.8, 4) is 0 Å². The van der Waals surface area contributed by atoms with Gasteiger partial charge in [0.05, 0.1) is 6.54 Å². The van der Waals surface area contributed by atoms with Gasteiger partial charge < -0.3 is 10.1 Å². The number of halogens is 2. The lowest BCUT2D eigenvalue weighted by Gasteiger charge is -2.04. The van der Waals surface area contributed by atoms with Gasteiger partial charge in [-0.05, 0) is 31.7 Å². The molecule has 1 saturated carbocycles. The van der Waals surface area contributed by atoms with Crippen molar-refractivity contribution in [2.24, 2.45) is 5.92 Å². The molecule has 0 amide bonds. The molecule has 1 fully saturated rings. The molecule has 0 radical (unpaired) electrons. The lowest BCUT2D eigenvalue weighted by molar-refractivity contribution is 0.117. The van der Waals surface area contributed by atoms with E-state index in [1.165, 1.54) is 12.8 Å². The molecule has 2 nitrogen and oxygen atoms in total. The maximum Gasteiger partial charge on any atom is 0.250 e. The van der Waals surface area contributed by atoms with Gasteiger partial charge in [0.2, 0.25) is 0 Å². The fourth-order valence-electron chi connectivity index (χ4n) is 1.04. The third-order valence-electron chi connectivity index (χ3n) is 1.99. The Morgan fingerprint density at radius 3 is 2.77 bits per heavy atom. The van der Waals surface area contributed by atoms with Gasteiger partial charge in [0, 0.05) is 13.2 Å². The minimum atomic E-state index is -2.24. The SMILES string of the molecule is FC(F)CNCCCOCC1CC1. The molecule has 13 heavy (non-hydrogen) atoms. The molecule has 0 aromatic rings. The molecule has 0 unspecified atom stereocenters. The molecule has 0 aromatic heterocycles. The number of rotatable bonds is 8. The Morgan fingerprint density at radius 1 is 1.38 bits per heavy atom. The summed E-state index contributed by atoms with van der Waals surface area (Å²) in [6.07, 6.45) is 1.17. The fraction of sp³-hybridized carbons (Fsp3) is 1.00. The van der Waals surface area contributed by atoms with E-state index in [0.29, 0.717) is 13.2 Å². The van der Waals surface area contributed by atoms with Crippen molar-refractivity contribution in [1.29, 1.82) is 0 Å². The fourth-order valence-corrected chi connectivity index (χ4v) is 1.04. The first-order chi connectivity index (χ1) is 6.29. The standard InChI is InChI=1S/C9H17F2NO/c10-9(11)6-12-4-1-5-13-7-8-2-3-8/h8-9,12H,1-7H2. The molecule has 1 rings (SSSR count). The summed E-state index contributed by atoms with van der Waals surface area (Å²) < 4.78 is 28.6. The van der Waals surface area contributed by atoms with Gasteiger partial charge in [0.25, 0.3) is 6.43 Å². The van der Waals surface area contributed by atoms with Crippen LogP contribution in [0.15, 0.2) is 0 Å². The van der Waals surface area contributed by atoms with Gasteiger partial charge in [-0.15, -0.1) is 0 Å². The molecular weight excluding hydrogens is 176 g/mol. The van der Waals surface area contributed by atoms with Crippen LogP contribution in [-0.4, -0.2) is 32.7 Å². The topological polar surface area (TPSA) is 21.3 Å². The van der Waals surface area contributed by atoms with E-state index in [4.69, 9.17) is 4.74 Å². The number of hydrogen-bond acceptors (Lipinski definition) is 2. The normalized spacial score (nSPS) is 16.8. The Bertz CT molecular complexity index is 123. The molecule has 0 spiro atoms. The van der Waals surface area contributed by atoms with Gasteiger partial charge in [-0.1, -0.05) is 0 Å². The van der Waals surface area contributed by atoms with Crippen molar-refractivity contribution >= 4 is 0 Å². The Hall–Kier alpha value is -0.220. The zero-order valence-electron chi connectivity index (χ0n) is 7.77. The molecular formula is C9H17F2NO. The number of hydrogen-bond donors (Lipinski definition) is 1. The number of nitrogens with one attached hydrogen (secondary N) is 1. The average molecular weight is 193 g/mol. The second-order valence-electron chi connectivity index (χ2n) is 3.47. The smallest absolute Gasteiger partial charge is 0.250 e. The van der Waals surface area contributed by atoms with Crippen LogP contribution in [-0.2, 0) is 4.74 Å². The first kappa shape index (κ1) is 10.9. The lowest BCUT2D eigenvalue weighted by atomic mass is 10.4. The van der Waals surface area contributed by atoms with Crippen LogP contribution in [0.5, 0.6) is 0 Å². The van der Waals surface area contributed by atoms with Gasteiger partial charge in [0.1, 0.15) is 0 Å². The van der Waals surface area contributed by atoms with Crippen molar-refractivity contribution < 1.29 is 13.5 Å². The summed E-state index contributed by atoms with van der Waals surface area (Å²) in [5.74, 6) is 0.786. The molecule has 1 aliphatic carbocycles. The molecule has 1 N–H and O–H groups in total. The molecule has 1 aliphatic rings. The summed E-state index contributed by atoms with van der Waals surface area (Å²) in [6.45, 7) is 1.96. The predicted molar refractivity (Wildman–Crippen MR) is 47.0 cm³/mol. The Labute approximate surface area is 77.6 Å². The van der Waals surface area contributed by atoms with Gasteiger partial charge >= 0.3 is 0 Å². The summed E-state index contributed by atoms with van der Waals surface area (Å²) in [5, 5.41) is 2.66. The monoisotopic (exact) mass is 193 g/mol. The van der Waals surface area contributed by atoms with Crippen LogP contribution in [0.2, 0.25) is 0 Å². The summed E-state index contributed by atoms with van der Waals surface area (Å²) in [5.41, 5.74) is 0.